The van der Waals surface area contributed by atoms with Gasteiger partial charge in [-0.3, -0.25) is 0 Å². The van der Waals surface area contributed by atoms with E-state index in [1.165, 1.54) is 18.0 Å². The van der Waals surface area contributed by atoms with Gasteiger partial charge in [-0.25, -0.2) is 14.8 Å². The number of nitrogens with one attached hydrogen (secondary N) is 1. The molecule has 1 amide bonds. The summed E-state index contributed by atoms with van der Waals surface area (Å²) in [5.41, 5.74) is -0.914. The van der Waals surface area contributed by atoms with Crippen LogP contribution in [0, 0.1) is 5.92 Å². The van der Waals surface area contributed by atoms with Gasteiger partial charge < -0.3 is 15.0 Å². The number of aromatic nitrogens is 2. The average Bonchev–Trinajstić information content (AvgIpc) is 2.58. The molecule has 1 saturated carbocycles. The van der Waals surface area contributed by atoms with E-state index in [2.05, 4.69) is 15.3 Å². The van der Waals surface area contributed by atoms with Crippen LogP contribution in [-0.4, -0.2) is 34.6 Å². The Morgan fingerprint density at radius 1 is 1.39 bits per heavy atom. The molecule has 28 heavy (non-hydrogen) atoms. The molecular formula is C18H18ClF3N4O2. The minimum absolute atomic E-state index is 0.294. The van der Waals surface area contributed by atoms with Crippen LogP contribution in [0.3, 0.4) is 0 Å². The van der Waals surface area contributed by atoms with Crippen molar-refractivity contribution < 1.29 is 22.7 Å². The van der Waals surface area contributed by atoms with Crippen LogP contribution in [0.25, 0.3) is 0 Å². The van der Waals surface area contributed by atoms with E-state index in [4.69, 9.17) is 16.3 Å². The zero-order valence-electron chi connectivity index (χ0n) is 15.0. The maximum absolute atomic E-state index is 13.4. The summed E-state index contributed by atoms with van der Waals surface area (Å²) >= 11 is 5.85. The second-order valence-corrected chi connectivity index (χ2v) is 7.02. The number of carbonyl (C=O) groups is 1. The van der Waals surface area contributed by atoms with Gasteiger partial charge in [0.1, 0.15) is 0 Å². The first-order valence-corrected chi connectivity index (χ1v) is 9.00. The van der Waals surface area contributed by atoms with Crippen molar-refractivity contribution in [2.24, 2.45) is 5.92 Å². The first kappa shape index (κ1) is 20.2. The molecule has 0 radical (unpaired) electrons. The van der Waals surface area contributed by atoms with Crippen LogP contribution in [0.2, 0.25) is 5.02 Å². The highest BCUT2D eigenvalue weighted by atomic mass is 35.5. The molecular weight excluding hydrogens is 397 g/mol. The van der Waals surface area contributed by atoms with Gasteiger partial charge >= 0.3 is 12.3 Å². The van der Waals surface area contributed by atoms with Crippen LogP contribution < -0.4 is 10.1 Å². The molecule has 1 aromatic carbocycles. The molecule has 0 saturated heterocycles. The molecule has 10 heteroatoms. The normalized spacial score (nSPS) is 14.3. The fourth-order valence-corrected chi connectivity index (χ4v) is 2.90. The van der Waals surface area contributed by atoms with E-state index >= 15 is 0 Å². The van der Waals surface area contributed by atoms with E-state index in [0.717, 1.165) is 25.5 Å². The number of anilines is 2. The van der Waals surface area contributed by atoms with Crippen molar-refractivity contribution in [3.63, 3.8) is 0 Å². The number of ether oxygens (including phenoxy) is 1. The van der Waals surface area contributed by atoms with E-state index in [0.29, 0.717) is 23.2 Å². The lowest BCUT2D eigenvalue weighted by atomic mass is 9.85. The molecule has 150 valence electrons. The zero-order valence-corrected chi connectivity index (χ0v) is 15.7. The highest BCUT2D eigenvalue weighted by Gasteiger charge is 2.38. The van der Waals surface area contributed by atoms with Gasteiger partial charge in [-0.1, -0.05) is 24.1 Å². The average molecular weight is 415 g/mol. The van der Waals surface area contributed by atoms with Crippen molar-refractivity contribution in [3.05, 3.63) is 41.2 Å². The molecule has 3 rings (SSSR count). The van der Waals surface area contributed by atoms with Crippen LogP contribution in [0.5, 0.6) is 5.75 Å². The third-order valence-electron chi connectivity index (χ3n) is 4.37. The number of hydrogen-bond acceptors (Lipinski definition) is 5. The lowest BCUT2D eigenvalue weighted by molar-refractivity contribution is -0.142. The molecule has 0 spiro atoms. The van der Waals surface area contributed by atoms with Gasteiger partial charge in [0.05, 0.1) is 6.20 Å². The van der Waals surface area contributed by atoms with Gasteiger partial charge in [-0.05, 0) is 37.0 Å². The maximum atomic E-state index is 13.4. The summed E-state index contributed by atoms with van der Waals surface area (Å²) in [6.45, 7) is 0.440. The SMILES string of the molecule is CN(CC1CCC1)C(=O)Oc1cnc(Nc2cccc(Cl)c2)nc1C(F)(F)F. The van der Waals surface area contributed by atoms with Crippen molar-refractivity contribution in [3.8, 4) is 5.75 Å². The van der Waals surface area contributed by atoms with Gasteiger partial charge in [0.2, 0.25) is 5.95 Å². The Morgan fingerprint density at radius 2 is 2.14 bits per heavy atom. The Hall–Kier alpha value is -2.55. The largest absolute Gasteiger partial charge is 0.437 e. The lowest BCUT2D eigenvalue weighted by Crippen LogP contribution is -2.36. The predicted octanol–water partition coefficient (Wildman–Crippen LogP) is 5.12. The molecule has 1 aliphatic carbocycles. The molecule has 0 atom stereocenters. The molecule has 2 aromatic rings. The summed E-state index contributed by atoms with van der Waals surface area (Å²) in [6, 6.07) is 6.37. The number of benzene rings is 1. The van der Waals surface area contributed by atoms with Gasteiger partial charge in [0.25, 0.3) is 0 Å². The molecule has 1 N–H and O–H groups in total. The fourth-order valence-electron chi connectivity index (χ4n) is 2.71. The molecule has 1 aromatic heterocycles. The van der Waals surface area contributed by atoms with Crippen molar-refractivity contribution in [2.75, 3.05) is 18.9 Å². The topological polar surface area (TPSA) is 67.4 Å². The zero-order chi connectivity index (χ0) is 20.3. The highest BCUT2D eigenvalue weighted by molar-refractivity contribution is 6.30. The Morgan fingerprint density at radius 3 is 2.75 bits per heavy atom. The molecule has 6 nitrogen and oxygen atoms in total. The molecule has 0 unspecified atom stereocenters. The quantitative estimate of drug-likeness (QED) is 0.735. The first-order chi connectivity index (χ1) is 13.2. The minimum Gasteiger partial charge on any atom is -0.406 e. The molecule has 1 aliphatic rings. The maximum Gasteiger partial charge on any atom is 0.437 e. The Labute approximate surface area is 164 Å². The van der Waals surface area contributed by atoms with Gasteiger partial charge in [0, 0.05) is 24.3 Å². The van der Waals surface area contributed by atoms with Crippen LogP contribution in [0.1, 0.15) is 25.0 Å². The smallest absolute Gasteiger partial charge is 0.406 e. The lowest BCUT2D eigenvalue weighted by Gasteiger charge is -2.29. The Bertz CT molecular complexity index is 859. The van der Waals surface area contributed by atoms with E-state index < -0.39 is 23.7 Å². The molecule has 0 bridgehead atoms. The number of nitrogens with zero attached hydrogens (tertiary/aromatic N) is 3. The van der Waals surface area contributed by atoms with Crippen molar-refractivity contribution in [1.29, 1.82) is 0 Å². The number of hydrogen-bond donors (Lipinski definition) is 1. The number of halogens is 4. The second-order valence-electron chi connectivity index (χ2n) is 6.58. The molecule has 1 fully saturated rings. The Balaban J connectivity index is 1.77. The third kappa shape index (κ3) is 5.03. The fraction of sp³-hybridized carbons (Fsp3) is 0.389. The number of rotatable bonds is 5. The highest BCUT2D eigenvalue weighted by Crippen LogP contribution is 2.35. The van der Waals surface area contributed by atoms with E-state index in [9.17, 15) is 18.0 Å². The monoisotopic (exact) mass is 414 g/mol. The standard InChI is InChI=1S/C18H18ClF3N4O2/c1-26(10-11-4-2-5-11)17(27)28-14-9-23-16(25-15(14)18(20,21)22)24-13-7-3-6-12(19)8-13/h3,6-9,11H,2,4-5,10H2,1H3,(H,23,24,25). The summed E-state index contributed by atoms with van der Waals surface area (Å²) in [4.78, 5) is 20.7. The number of amides is 1. The minimum atomic E-state index is -4.82. The summed E-state index contributed by atoms with van der Waals surface area (Å²) in [7, 11) is 1.49. The van der Waals surface area contributed by atoms with Crippen LogP contribution in [0.15, 0.2) is 30.5 Å². The van der Waals surface area contributed by atoms with E-state index in [-0.39, 0.29) is 5.95 Å². The van der Waals surface area contributed by atoms with Gasteiger partial charge in [0.15, 0.2) is 11.4 Å². The van der Waals surface area contributed by atoms with Crippen LogP contribution in [0.4, 0.5) is 29.6 Å². The summed E-state index contributed by atoms with van der Waals surface area (Å²) in [5, 5.41) is 3.05. The molecule has 0 aliphatic heterocycles. The summed E-state index contributed by atoms with van der Waals surface area (Å²) in [5.74, 6) is -0.674. The van der Waals surface area contributed by atoms with Crippen molar-refractivity contribution in [1.82, 2.24) is 14.9 Å². The second kappa shape index (κ2) is 8.22. The first-order valence-electron chi connectivity index (χ1n) is 8.62. The van der Waals surface area contributed by atoms with Gasteiger partial charge in [-0.15, -0.1) is 0 Å². The van der Waals surface area contributed by atoms with Crippen molar-refractivity contribution in [2.45, 2.75) is 25.4 Å². The summed E-state index contributed by atoms with van der Waals surface area (Å²) in [6.07, 6.45) is -1.78. The summed E-state index contributed by atoms with van der Waals surface area (Å²) < 4.78 is 45.2. The van der Waals surface area contributed by atoms with Crippen LogP contribution in [-0.2, 0) is 6.18 Å². The number of carbonyl (C=O) groups excluding carboxylic acids is 1. The predicted molar refractivity (Wildman–Crippen MR) is 97.8 cm³/mol. The van der Waals surface area contributed by atoms with Crippen molar-refractivity contribution >= 4 is 29.3 Å². The van der Waals surface area contributed by atoms with E-state index in [1.807, 2.05) is 0 Å². The molecule has 1 heterocycles. The third-order valence-corrected chi connectivity index (χ3v) is 4.61. The number of alkyl halides is 3. The van der Waals surface area contributed by atoms with E-state index in [1.54, 1.807) is 18.2 Å². The van der Waals surface area contributed by atoms with Gasteiger partial charge in [-0.2, -0.15) is 13.2 Å². The van der Waals surface area contributed by atoms with Crippen LogP contribution >= 0.6 is 11.6 Å². The Kier molecular flexibility index (Phi) is 5.93.